The van der Waals surface area contributed by atoms with Crippen LogP contribution >= 0.6 is 11.6 Å². The molecule has 0 amide bonds. The van der Waals surface area contributed by atoms with Crippen molar-refractivity contribution in [1.82, 2.24) is 9.38 Å². The number of methoxy groups -OCH3 is 1. The quantitative estimate of drug-likeness (QED) is 0.678. The fourth-order valence-corrected chi connectivity index (χ4v) is 2.26. The van der Waals surface area contributed by atoms with Crippen LogP contribution in [0.5, 0.6) is 0 Å². The number of benzene rings is 1. The highest BCUT2D eigenvalue weighted by molar-refractivity contribution is 6.33. The van der Waals surface area contributed by atoms with Crippen molar-refractivity contribution >= 4 is 23.2 Å². The lowest BCUT2D eigenvalue weighted by Gasteiger charge is -1.99. The maximum atomic E-state index is 11.5. The number of nitrogens with zero attached hydrogens (tertiary/aromatic N) is 2. The van der Waals surface area contributed by atoms with Crippen molar-refractivity contribution in [2.45, 2.75) is 0 Å². The highest BCUT2D eigenvalue weighted by Crippen LogP contribution is 2.27. The maximum absolute atomic E-state index is 11.5. The summed E-state index contributed by atoms with van der Waals surface area (Å²) in [5.74, 6) is -0.375. The van der Waals surface area contributed by atoms with Crippen molar-refractivity contribution in [3.05, 3.63) is 59.4 Å². The monoisotopic (exact) mass is 286 g/mol. The van der Waals surface area contributed by atoms with Gasteiger partial charge in [0.05, 0.1) is 23.4 Å². The van der Waals surface area contributed by atoms with Gasteiger partial charge < -0.3 is 9.14 Å². The molecule has 0 fully saturated rings. The molecule has 0 N–H and O–H groups in total. The molecule has 0 saturated heterocycles. The van der Waals surface area contributed by atoms with Gasteiger partial charge >= 0.3 is 5.97 Å². The zero-order chi connectivity index (χ0) is 14.1. The van der Waals surface area contributed by atoms with Crippen molar-refractivity contribution in [3.63, 3.8) is 0 Å². The number of imidazole rings is 1. The van der Waals surface area contributed by atoms with Gasteiger partial charge in [0.1, 0.15) is 5.65 Å². The van der Waals surface area contributed by atoms with Crippen LogP contribution < -0.4 is 0 Å². The first kappa shape index (κ1) is 12.7. The first-order valence-electron chi connectivity index (χ1n) is 6.01. The fourth-order valence-electron chi connectivity index (χ4n) is 2.03. The zero-order valence-corrected chi connectivity index (χ0v) is 11.5. The van der Waals surface area contributed by atoms with Crippen LogP contribution in [0.3, 0.4) is 0 Å². The highest BCUT2D eigenvalue weighted by atomic mass is 35.5. The molecule has 3 rings (SSSR count). The van der Waals surface area contributed by atoms with Gasteiger partial charge in [-0.1, -0.05) is 29.8 Å². The summed E-state index contributed by atoms with van der Waals surface area (Å²) < 4.78 is 6.48. The lowest BCUT2D eigenvalue weighted by Crippen LogP contribution is -2.02. The number of ether oxygens (including phenoxy) is 1. The van der Waals surface area contributed by atoms with Gasteiger partial charge in [0, 0.05) is 18.0 Å². The van der Waals surface area contributed by atoms with E-state index in [1.165, 1.54) is 7.11 Å². The SMILES string of the molecule is COC(=O)c1ccc2nc(-c3ccccc3Cl)cn2c1. The molecule has 100 valence electrons. The molecular formula is C15H11ClN2O2. The van der Waals surface area contributed by atoms with Crippen molar-refractivity contribution in [2.75, 3.05) is 7.11 Å². The molecule has 0 bridgehead atoms. The molecule has 0 aliphatic carbocycles. The van der Waals surface area contributed by atoms with Crippen LogP contribution in [0.25, 0.3) is 16.9 Å². The first-order valence-corrected chi connectivity index (χ1v) is 6.39. The molecule has 4 nitrogen and oxygen atoms in total. The minimum absolute atomic E-state index is 0.375. The van der Waals surface area contributed by atoms with Crippen LogP contribution in [0.4, 0.5) is 0 Å². The van der Waals surface area contributed by atoms with E-state index >= 15 is 0 Å². The Bertz CT molecular complexity index is 795. The molecule has 0 saturated carbocycles. The molecule has 2 aromatic heterocycles. The predicted molar refractivity (Wildman–Crippen MR) is 77.0 cm³/mol. The molecule has 3 aromatic rings. The lowest BCUT2D eigenvalue weighted by atomic mass is 10.2. The number of esters is 1. The molecule has 2 heterocycles. The normalized spacial score (nSPS) is 10.7. The molecule has 1 aromatic carbocycles. The van der Waals surface area contributed by atoms with Crippen molar-refractivity contribution in [1.29, 1.82) is 0 Å². The van der Waals surface area contributed by atoms with E-state index in [2.05, 4.69) is 4.98 Å². The Hall–Kier alpha value is -2.33. The number of hydrogen-bond acceptors (Lipinski definition) is 3. The number of carbonyl (C=O) groups excluding carboxylic acids is 1. The number of pyridine rings is 1. The molecule has 0 radical (unpaired) electrons. The maximum Gasteiger partial charge on any atom is 0.339 e. The Kier molecular flexibility index (Phi) is 3.16. The fraction of sp³-hybridized carbons (Fsp3) is 0.0667. The van der Waals surface area contributed by atoms with Crippen LogP contribution in [-0.2, 0) is 4.74 Å². The molecule has 0 aliphatic heterocycles. The van der Waals surface area contributed by atoms with Gasteiger partial charge in [-0.2, -0.15) is 0 Å². The Balaban J connectivity index is 2.12. The summed E-state index contributed by atoms with van der Waals surface area (Å²) in [6, 6.07) is 11.0. The Morgan fingerprint density at radius 2 is 2.00 bits per heavy atom. The second-order valence-corrected chi connectivity index (χ2v) is 4.69. The largest absolute Gasteiger partial charge is 0.465 e. The molecule has 0 aliphatic rings. The van der Waals surface area contributed by atoms with Gasteiger partial charge in [-0.3, -0.25) is 0 Å². The van der Waals surface area contributed by atoms with Crippen LogP contribution in [0.2, 0.25) is 5.02 Å². The second-order valence-electron chi connectivity index (χ2n) is 4.28. The molecule has 0 atom stereocenters. The van der Waals surface area contributed by atoms with Gasteiger partial charge in [-0.25, -0.2) is 9.78 Å². The smallest absolute Gasteiger partial charge is 0.339 e. The molecule has 0 unspecified atom stereocenters. The summed E-state index contributed by atoms with van der Waals surface area (Å²) in [5, 5.41) is 0.643. The minimum Gasteiger partial charge on any atom is -0.465 e. The van der Waals surface area contributed by atoms with Gasteiger partial charge in [0.25, 0.3) is 0 Å². The number of fused-ring (bicyclic) bond motifs is 1. The standard InChI is InChI=1S/C15H11ClN2O2/c1-20-15(19)10-6-7-14-17-13(9-18(14)8-10)11-4-2-3-5-12(11)16/h2-9H,1H3. The number of hydrogen-bond donors (Lipinski definition) is 0. The second kappa shape index (κ2) is 4.98. The number of carbonyl (C=O) groups is 1. The van der Waals surface area contributed by atoms with Crippen LogP contribution in [0, 0.1) is 0 Å². The van der Waals surface area contributed by atoms with E-state index in [0.29, 0.717) is 10.6 Å². The minimum atomic E-state index is -0.375. The van der Waals surface area contributed by atoms with E-state index in [9.17, 15) is 4.79 Å². The van der Waals surface area contributed by atoms with Crippen LogP contribution in [-0.4, -0.2) is 22.5 Å². The lowest BCUT2D eigenvalue weighted by molar-refractivity contribution is 0.0600. The van der Waals surface area contributed by atoms with E-state index in [-0.39, 0.29) is 5.97 Å². The molecule has 20 heavy (non-hydrogen) atoms. The third kappa shape index (κ3) is 2.14. The molecule has 0 spiro atoms. The number of rotatable bonds is 2. The third-order valence-corrected chi connectivity index (χ3v) is 3.35. The zero-order valence-electron chi connectivity index (χ0n) is 10.7. The predicted octanol–water partition coefficient (Wildman–Crippen LogP) is 3.44. The Morgan fingerprint density at radius 1 is 1.20 bits per heavy atom. The molecular weight excluding hydrogens is 276 g/mol. The van der Waals surface area contributed by atoms with E-state index in [1.807, 2.05) is 30.5 Å². The number of halogens is 1. The third-order valence-electron chi connectivity index (χ3n) is 3.02. The molecule has 5 heteroatoms. The van der Waals surface area contributed by atoms with E-state index in [4.69, 9.17) is 16.3 Å². The van der Waals surface area contributed by atoms with E-state index in [1.54, 1.807) is 22.7 Å². The van der Waals surface area contributed by atoms with Gasteiger partial charge in [0.15, 0.2) is 0 Å². The number of aromatic nitrogens is 2. The average molecular weight is 287 g/mol. The van der Waals surface area contributed by atoms with Gasteiger partial charge in [-0.05, 0) is 18.2 Å². The Morgan fingerprint density at radius 3 is 2.75 bits per heavy atom. The van der Waals surface area contributed by atoms with Crippen LogP contribution in [0.15, 0.2) is 48.8 Å². The van der Waals surface area contributed by atoms with Gasteiger partial charge in [-0.15, -0.1) is 0 Å². The van der Waals surface area contributed by atoms with E-state index in [0.717, 1.165) is 16.9 Å². The topological polar surface area (TPSA) is 43.6 Å². The Labute approximate surface area is 120 Å². The van der Waals surface area contributed by atoms with Gasteiger partial charge in [0.2, 0.25) is 0 Å². The summed E-state index contributed by atoms with van der Waals surface area (Å²) in [7, 11) is 1.36. The summed E-state index contributed by atoms with van der Waals surface area (Å²) in [6.45, 7) is 0. The summed E-state index contributed by atoms with van der Waals surface area (Å²) in [6.07, 6.45) is 3.53. The summed E-state index contributed by atoms with van der Waals surface area (Å²) in [5.41, 5.74) is 2.84. The van der Waals surface area contributed by atoms with Crippen molar-refractivity contribution in [3.8, 4) is 11.3 Å². The summed E-state index contributed by atoms with van der Waals surface area (Å²) in [4.78, 5) is 16.0. The van der Waals surface area contributed by atoms with Crippen molar-refractivity contribution < 1.29 is 9.53 Å². The highest BCUT2D eigenvalue weighted by Gasteiger charge is 2.10. The first-order chi connectivity index (χ1) is 9.69. The van der Waals surface area contributed by atoms with Crippen LogP contribution in [0.1, 0.15) is 10.4 Å². The van der Waals surface area contributed by atoms with E-state index < -0.39 is 0 Å². The van der Waals surface area contributed by atoms with Crippen molar-refractivity contribution in [2.24, 2.45) is 0 Å². The average Bonchev–Trinajstić information content (AvgIpc) is 2.89. The summed E-state index contributed by atoms with van der Waals surface area (Å²) >= 11 is 6.17.